The van der Waals surface area contributed by atoms with Gasteiger partial charge in [0.15, 0.2) is 0 Å². The van der Waals surface area contributed by atoms with E-state index in [2.05, 4.69) is 33.8 Å². The number of rotatable bonds is 3. The monoisotopic (exact) mass is 293 g/mol. The highest BCUT2D eigenvalue weighted by molar-refractivity contribution is 5.74. The van der Waals surface area contributed by atoms with Crippen LogP contribution in [0, 0.1) is 11.3 Å². The summed E-state index contributed by atoms with van der Waals surface area (Å²) in [6, 6.07) is 17.5. The summed E-state index contributed by atoms with van der Waals surface area (Å²) in [5, 5.41) is 8.52. The fourth-order valence-corrected chi connectivity index (χ4v) is 1.90. The van der Waals surface area contributed by atoms with E-state index in [0.29, 0.717) is 11.8 Å². The van der Waals surface area contributed by atoms with Gasteiger partial charge in [0.05, 0.1) is 11.6 Å². The number of nitriles is 1. The predicted molar refractivity (Wildman–Crippen MR) is 91.2 cm³/mol. The molecule has 0 unspecified atom stereocenters. The van der Waals surface area contributed by atoms with Crippen molar-refractivity contribution >= 4 is 6.29 Å². The van der Waals surface area contributed by atoms with Gasteiger partial charge in [-0.1, -0.05) is 64.1 Å². The molecule has 0 amide bonds. The molecule has 0 N–H and O–H groups in total. The molecule has 0 saturated heterocycles. The van der Waals surface area contributed by atoms with E-state index in [1.54, 1.807) is 0 Å². The van der Waals surface area contributed by atoms with Crippen LogP contribution in [0.15, 0.2) is 48.5 Å². The molecule has 0 saturated carbocycles. The molecule has 0 aliphatic heterocycles. The van der Waals surface area contributed by atoms with Crippen LogP contribution < -0.4 is 0 Å². The van der Waals surface area contributed by atoms with Crippen LogP contribution in [0.5, 0.6) is 0 Å². The molecule has 0 heterocycles. The molecular weight excluding hydrogens is 270 g/mol. The van der Waals surface area contributed by atoms with Crippen LogP contribution in [0.2, 0.25) is 0 Å². The Hall–Kier alpha value is -2.40. The van der Waals surface area contributed by atoms with Crippen LogP contribution in [-0.2, 0) is 0 Å². The van der Waals surface area contributed by atoms with Gasteiger partial charge in [0.1, 0.15) is 6.29 Å². The molecule has 2 aromatic rings. The molecule has 2 heteroatoms. The number of hydrogen-bond donors (Lipinski definition) is 0. The first-order valence-corrected chi connectivity index (χ1v) is 7.53. The minimum atomic E-state index is 0.538. The largest absolute Gasteiger partial charge is 0.298 e. The van der Waals surface area contributed by atoms with Crippen molar-refractivity contribution in [3.8, 4) is 6.07 Å². The molecule has 2 aromatic carbocycles. The Kier molecular flexibility index (Phi) is 7.05. The Morgan fingerprint density at radius 1 is 0.818 bits per heavy atom. The highest BCUT2D eigenvalue weighted by atomic mass is 16.1. The fraction of sp³-hybridized carbons (Fsp3) is 0.300. The molecule has 0 fully saturated rings. The van der Waals surface area contributed by atoms with Crippen LogP contribution >= 0.6 is 0 Å². The SMILES string of the molecule is CC(C)c1ccc(C#N)cc1.CC(C)c1ccc(C=O)cc1. The van der Waals surface area contributed by atoms with Gasteiger partial charge in [0.2, 0.25) is 0 Å². The lowest BCUT2D eigenvalue weighted by Crippen LogP contribution is -1.87. The summed E-state index contributed by atoms with van der Waals surface area (Å²) in [4.78, 5) is 10.3. The molecule has 0 radical (unpaired) electrons. The van der Waals surface area contributed by atoms with Crippen molar-refractivity contribution in [2.75, 3.05) is 0 Å². The third kappa shape index (κ3) is 5.54. The maximum absolute atomic E-state index is 10.3. The van der Waals surface area contributed by atoms with Crippen molar-refractivity contribution in [2.45, 2.75) is 39.5 Å². The smallest absolute Gasteiger partial charge is 0.150 e. The van der Waals surface area contributed by atoms with Crippen LogP contribution in [-0.4, -0.2) is 6.29 Å². The van der Waals surface area contributed by atoms with Crippen molar-refractivity contribution < 1.29 is 4.79 Å². The minimum absolute atomic E-state index is 0.538. The second-order valence-corrected chi connectivity index (χ2v) is 5.83. The average Bonchev–Trinajstić information content (AvgIpc) is 2.55. The van der Waals surface area contributed by atoms with Gasteiger partial charge in [-0.15, -0.1) is 0 Å². The lowest BCUT2D eigenvalue weighted by molar-refractivity contribution is 0.112. The number of hydrogen-bond acceptors (Lipinski definition) is 2. The molecule has 114 valence electrons. The summed E-state index contributed by atoms with van der Waals surface area (Å²) in [7, 11) is 0. The lowest BCUT2D eigenvalue weighted by atomic mass is 10.0. The lowest BCUT2D eigenvalue weighted by Gasteiger charge is -2.03. The normalized spacial score (nSPS) is 9.86. The predicted octanol–water partition coefficient (Wildman–Crippen LogP) is 5.30. The van der Waals surface area contributed by atoms with Gasteiger partial charge in [-0.3, -0.25) is 4.79 Å². The van der Waals surface area contributed by atoms with Gasteiger partial charge in [-0.2, -0.15) is 5.26 Å². The second kappa shape index (κ2) is 8.79. The average molecular weight is 293 g/mol. The van der Waals surface area contributed by atoms with Gasteiger partial charge in [-0.05, 0) is 35.1 Å². The zero-order valence-electron chi connectivity index (χ0n) is 13.7. The van der Waals surface area contributed by atoms with E-state index in [1.807, 2.05) is 48.5 Å². The molecule has 2 rings (SSSR count). The molecule has 0 atom stereocenters. The van der Waals surface area contributed by atoms with E-state index < -0.39 is 0 Å². The van der Waals surface area contributed by atoms with Gasteiger partial charge in [0.25, 0.3) is 0 Å². The van der Waals surface area contributed by atoms with Crippen LogP contribution in [0.4, 0.5) is 0 Å². The molecule has 0 bridgehead atoms. The molecular formula is C20H23NO. The highest BCUT2D eigenvalue weighted by Crippen LogP contribution is 2.14. The minimum Gasteiger partial charge on any atom is -0.298 e. The third-order valence-electron chi connectivity index (χ3n) is 3.45. The van der Waals surface area contributed by atoms with Crippen molar-refractivity contribution in [3.63, 3.8) is 0 Å². The Morgan fingerprint density at radius 2 is 1.23 bits per heavy atom. The van der Waals surface area contributed by atoms with Crippen molar-refractivity contribution in [1.29, 1.82) is 5.26 Å². The first kappa shape index (κ1) is 17.7. The van der Waals surface area contributed by atoms with E-state index >= 15 is 0 Å². The van der Waals surface area contributed by atoms with Crippen molar-refractivity contribution in [3.05, 3.63) is 70.8 Å². The maximum Gasteiger partial charge on any atom is 0.150 e. The number of carbonyl (C=O) groups is 1. The van der Waals surface area contributed by atoms with E-state index in [1.165, 1.54) is 11.1 Å². The first-order chi connectivity index (χ1) is 10.5. The van der Waals surface area contributed by atoms with Gasteiger partial charge >= 0.3 is 0 Å². The molecule has 0 aromatic heterocycles. The van der Waals surface area contributed by atoms with Crippen LogP contribution in [0.1, 0.15) is 66.6 Å². The van der Waals surface area contributed by atoms with E-state index in [4.69, 9.17) is 5.26 Å². The molecule has 22 heavy (non-hydrogen) atoms. The number of benzene rings is 2. The molecule has 0 spiro atoms. The summed E-state index contributed by atoms with van der Waals surface area (Å²) < 4.78 is 0. The third-order valence-corrected chi connectivity index (χ3v) is 3.45. The second-order valence-electron chi connectivity index (χ2n) is 5.83. The topological polar surface area (TPSA) is 40.9 Å². The van der Waals surface area contributed by atoms with Gasteiger partial charge in [-0.25, -0.2) is 0 Å². The number of nitrogens with zero attached hydrogens (tertiary/aromatic N) is 1. The summed E-state index contributed by atoms with van der Waals surface area (Å²) >= 11 is 0. The number of aldehydes is 1. The Morgan fingerprint density at radius 3 is 1.55 bits per heavy atom. The van der Waals surface area contributed by atoms with E-state index in [9.17, 15) is 4.79 Å². The highest BCUT2D eigenvalue weighted by Gasteiger charge is 1.97. The van der Waals surface area contributed by atoms with Crippen molar-refractivity contribution in [2.24, 2.45) is 0 Å². The Balaban J connectivity index is 0.000000220. The molecule has 0 aliphatic carbocycles. The van der Waals surface area contributed by atoms with Crippen LogP contribution in [0.25, 0.3) is 0 Å². The standard InChI is InChI=1S/C10H11N.C10H12O/c2*1-8(2)10-5-3-9(7-11)4-6-10/h3-6,8H,1-2H3;3-8H,1-2H3. The summed E-state index contributed by atoms with van der Waals surface area (Å²) in [6.45, 7) is 8.55. The summed E-state index contributed by atoms with van der Waals surface area (Å²) in [5.74, 6) is 1.08. The Labute approximate surface area is 133 Å². The zero-order chi connectivity index (χ0) is 16.5. The van der Waals surface area contributed by atoms with Gasteiger partial charge in [0, 0.05) is 5.56 Å². The summed E-state index contributed by atoms with van der Waals surface area (Å²) in [6.07, 6.45) is 0.865. The fourth-order valence-electron chi connectivity index (χ4n) is 1.90. The van der Waals surface area contributed by atoms with Gasteiger partial charge < -0.3 is 0 Å². The maximum atomic E-state index is 10.3. The zero-order valence-corrected chi connectivity index (χ0v) is 13.7. The van der Waals surface area contributed by atoms with Crippen molar-refractivity contribution in [1.82, 2.24) is 0 Å². The summed E-state index contributed by atoms with van der Waals surface area (Å²) in [5.41, 5.74) is 4.03. The number of carbonyl (C=O) groups excluding carboxylic acids is 1. The van der Waals surface area contributed by atoms with E-state index in [0.717, 1.165) is 17.4 Å². The molecule has 2 nitrogen and oxygen atoms in total. The van der Waals surface area contributed by atoms with Crippen LogP contribution in [0.3, 0.4) is 0 Å². The van der Waals surface area contributed by atoms with E-state index in [-0.39, 0.29) is 0 Å². The Bertz CT molecular complexity index is 616. The molecule has 0 aliphatic rings. The first-order valence-electron chi connectivity index (χ1n) is 7.53. The quantitative estimate of drug-likeness (QED) is 0.720.